The van der Waals surface area contributed by atoms with Crippen LogP contribution >= 0.6 is 11.3 Å². The Balaban J connectivity index is 1.79. The van der Waals surface area contributed by atoms with Crippen molar-refractivity contribution in [2.24, 2.45) is 0 Å². The van der Waals surface area contributed by atoms with E-state index in [-0.39, 0.29) is 12.0 Å². The highest BCUT2D eigenvalue weighted by Gasteiger charge is 2.30. The Morgan fingerprint density at radius 2 is 2.39 bits per heavy atom. The minimum atomic E-state index is -0.945. The number of nitrogens with one attached hydrogen (secondary N) is 1. The van der Waals surface area contributed by atoms with Gasteiger partial charge in [0.05, 0.1) is 11.1 Å². The molecule has 2 rings (SSSR count). The fraction of sp³-hybridized carbons (Fsp3) is 0.545. The third-order valence-electron chi connectivity index (χ3n) is 2.72. The van der Waals surface area contributed by atoms with Crippen molar-refractivity contribution in [2.45, 2.75) is 32.0 Å². The first-order chi connectivity index (χ1) is 8.56. The standard InChI is InChI=1S/C11H14N2O4S/c1-6-13-8(5-18-6)10(14)12-4-7-2-3-9(17-7)11(15)16/h5,7,9H,2-4H2,1H3,(H,12,14)(H,15,16). The van der Waals surface area contributed by atoms with E-state index in [1.54, 1.807) is 5.38 Å². The van der Waals surface area contributed by atoms with Gasteiger partial charge in [0, 0.05) is 11.9 Å². The van der Waals surface area contributed by atoms with Crippen LogP contribution in [0.3, 0.4) is 0 Å². The van der Waals surface area contributed by atoms with Crippen LogP contribution in [0.2, 0.25) is 0 Å². The number of aliphatic carboxylic acids is 1. The number of thiazole rings is 1. The average molecular weight is 270 g/mol. The summed E-state index contributed by atoms with van der Waals surface area (Å²) in [7, 11) is 0. The van der Waals surface area contributed by atoms with E-state index >= 15 is 0 Å². The van der Waals surface area contributed by atoms with Crippen LogP contribution in [0, 0.1) is 6.92 Å². The minimum absolute atomic E-state index is 0.227. The maximum atomic E-state index is 11.7. The zero-order chi connectivity index (χ0) is 13.1. The van der Waals surface area contributed by atoms with E-state index in [0.29, 0.717) is 25.1 Å². The molecule has 2 N–H and O–H groups in total. The number of ether oxygens (including phenoxy) is 1. The van der Waals surface area contributed by atoms with E-state index in [2.05, 4.69) is 10.3 Å². The van der Waals surface area contributed by atoms with Crippen LogP contribution in [-0.2, 0) is 9.53 Å². The number of aryl methyl sites for hydroxylation is 1. The van der Waals surface area contributed by atoms with Crippen molar-refractivity contribution in [3.05, 3.63) is 16.1 Å². The van der Waals surface area contributed by atoms with Crippen LogP contribution < -0.4 is 5.32 Å². The number of rotatable bonds is 4. The van der Waals surface area contributed by atoms with Gasteiger partial charge in [-0.1, -0.05) is 0 Å². The summed E-state index contributed by atoms with van der Waals surface area (Å²) in [4.78, 5) is 26.5. The van der Waals surface area contributed by atoms with Crippen LogP contribution in [0.1, 0.15) is 28.3 Å². The first-order valence-corrected chi connectivity index (χ1v) is 6.53. The number of nitrogens with zero attached hydrogens (tertiary/aromatic N) is 1. The smallest absolute Gasteiger partial charge is 0.332 e. The van der Waals surface area contributed by atoms with Crippen molar-refractivity contribution < 1.29 is 19.4 Å². The monoisotopic (exact) mass is 270 g/mol. The fourth-order valence-electron chi connectivity index (χ4n) is 1.80. The molecule has 2 heterocycles. The predicted octanol–water partition coefficient (Wildman–Crippen LogP) is 0.814. The SMILES string of the molecule is Cc1nc(C(=O)NCC2CCC(C(=O)O)O2)cs1. The molecule has 2 unspecified atom stereocenters. The van der Waals surface area contributed by atoms with E-state index < -0.39 is 12.1 Å². The highest BCUT2D eigenvalue weighted by atomic mass is 32.1. The fourth-order valence-corrected chi connectivity index (χ4v) is 2.40. The molecule has 7 heteroatoms. The minimum Gasteiger partial charge on any atom is -0.479 e. The largest absolute Gasteiger partial charge is 0.479 e. The molecule has 1 amide bonds. The molecule has 0 aliphatic carbocycles. The van der Waals surface area contributed by atoms with Crippen molar-refractivity contribution in [1.29, 1.82) is 0 Å². The Morgan fingerprint density at radius 1 is 1.61 bits per heavy atom. The van der Waals surface area contributed by atoms with Gasteiger partial charge in [-0.05, 0) is 19.8 Å². The predicted molar refractivity (Wildman–Crippen MR) is 64.7 cm³/mol. The zero-order valence-corrected chi connectivity index (χ0v) is 10.7. The third-order valence-corrected chi connectivity index (χ3v) is 3.50. The first kappa shape index (κ1) is 13.0. The third kappa shape index (κ3) is 3.05. The van der Waals surface area contributed by atoms with Crippen molar-refractivity contribution in [3.8, 4) is 0 Å². The van der Waals surface area contributed by atoms with Gasteiger partial charge in [0.25, 0.3) is 5.91 Å². The molecular weight excluding hydrogens is 256 g/mol. The molecular formula is C11H14N2O4S. The molecule has 1 aromatic rings. The molecule has 1 aliphatic heterocycles. The summed E-state index contributed by atoms with van der Waals surface area (Å²) in [5.41, 5.74) is 0.394. The summed E-state index contributed by atoms with van der Waals surface area (Å²) in [6.45, 7) is 2.15. The van der Waals surface area contributed by atoms with E-state index in [1.807, 2.05) is 6.92 Å². The van der Waals surface area contributed by atoms with Crippen LogP contribution in [0.4, 0.5) is 0 Å². The Kier molecular flexibility index (Phi) is 3.93. The molecule has 1 fully saturated rings. The molecule has 0 bridgehead atoms. The van der Waals surface area contributed by atoms with Crippen molar-refractivity contribution in [2.75, 3.05) is 6.54 Å². The number of carboxylic acids is 1. The Hall–Kier alpha value is -1.47. The zero-order valence-electron chi connectivity index (χ0n) is 9.88. The summed E-state index contributed by atoms with van der Waals surface area (Å²) in [5.74, 6) is -1.19. The van der Waals surface area contributed by atoms with E-state index in [1.165, 1.54) is 11.3 Å². The molecule has 0 aromatic carbocycles. The number of carboxylic acid groups (broad SMARTS) is 1. The normalized spacial score (nSPS) is 22.9. The number of aromatic nitrogens is 1. The van der Waals surface area contributed by atoms with Gasteiger partial charge in [-0.3, -0.25) is 4.79 Å². The molecule has 6 nitrogen and oxygen atoms in total. The van der Waals surface area contributed by atoms with E-state index in [0.717, 1.165) is 5.01 Å². The van der Waals surface area contributed by atoms with Crippen LogP contribution in [0.25, 0.3) is 0 Å². The van der Waals surface area contributed by atoms with Gasteiger partial charge in [-0.25, -0.2) is 9.78 Å². The van der Waals surface area contributed by atoms with Gasteiger partial charge >= 0.3 is 5.97 Å². The highest BCUT2D eigenvalue weighted by Crippen LogP contribution is 2.19. The summed E-state index contributed by atoms with van der Waals surface area (Å²) < 4.78 is 5.28. The van der Waals surface area contributed by atoms with Gasteiger partial charge in [0.2, 0.25) is 0 Å². The van der Waals surface area contributed by atoms with Crippen LogP contribution in [0.5, 0.6) is 0 Å². The molecule has 2 atom stereocenters. The number of carbonyl (C=O) groups is 2. The summed E-state index contributed by atoms with van der Waals surface area (Å²) >= 11 is 1.41. The number of amides is 1. The first-order valence-electron chi connectivity index (χ1n) is 5.65. The Morgan fingerprint density at radius 3 is 2.94 bits per heavy atom. The van der Waals surface area contributed by atoms with Crippen LogP contribution in [0.15, 0.2) is 5.38 Å². The highest BCUT2D eigenvalue weighted by molar-refractivity contribution is 7.09. The average Bonchev–Trinajstić information content (AvgIpc) is 2.94. The molecule has 0 spiro atoms. The number of carbonyl (C=O) groups excluding carboxylic acids is 1. The lowest BCUT2D eigenvalue weighted by atomic mass is 10.2. The second-order valence-corrected chi connectivity index (χ2v) is 5.19. The molecule has 1 aromatic heterocycles. The molecule has 0 saturated carbocycles. The topological polar surface area (TPSA) is 88.5 Å². The molecule has 1 aliphatic rings. The van der Waals surface area contributed by atoms with Crippen molar-refractivity contribution in [1.82, 2.24) is 10.3 Å². The lowest BCUT2D eigenvalue weighted by Gasteiger charge is -2.11. The molecule has 18 heavy (non-hydrogen) atoms. The molecule has 98 valence electrons. The number of hydrogen-bond acceptors (Lipinski definition) is 5. The molecule has 1 saturated heterocycles. The van der Waals surface area contributed by atoms with Gasteiger partial charge in [0.15, 0.2) is 6.10 Å². The van der Waals surface area contributed by atoms with Gasteiger partial charge in [0.1, 0.15) is 5.69 Å². The maximum absolute atomic E-state index is 11.7. The quantitative estimate of drug-likeness (QED) is 0.845. The molecule has 0 radical (unpaired) electrons. The second kappa shape index (κ2) is 5.45. The lowest BCUT2D eigenvalue weighted by molar-refractivity contribution is -0.149. The Bertz CT molecular complexity index is 460. The second-order valence-electron chi connectivity index (χ2n) is 4.12. The van der Waals surface area contributed by atoms with Crippen LogP contribution in [-0.4, -0.2) is 40.7 Å². The van der Waals surface area contributed by atoms with Gasteiger partial charge < -0.3 is 15.2 Å². The summed E-state index contributed by atoms with van der Waals surface area (Å²) in [6.07, 6.45) is 0.169. The van der Waals surface area contributed by atoms with E-state index in [9.17, 15) is 9.59 Å². The lowest BCUT2D eigenvalue weighted by Crippen LogP contribution is -2.33. The van der Waals surface area contributed by atoms with Crippen molar-refractivity contribution >= 4 is 23.2 Å². The van der Waals surface area contributed by atoms with Crippen molar-refractivity contribution in [3.63, 3.8) is 0 Å². The van der Waals surface area contributed by atoms with Gasteiger partial charge in [-0.2, -0.15) is 0 Å². The summed E-state index contributed by atoms with van der Waals surface area (Å²) in [5, 5.41) is 14.0. The number of hydrogen-bond donors (Lipinski definition) is 2. The maximum Gasteiger partial charge on any atom is 0.332 e. The Labute approximate surface area is 108 Å². The van der Waals surface area contributed by atoms with Gasteiger partial charge in [-0.15, -0.1) is 11.3 Å². The van der Waals surface area contributed by atoms with E-state index in [4.69, 9.17) is 9.84 Å². The summed E-state index contributed by atoms with van der Waals surface area (Å²) in [6, 6.07) is 0.